The largest absolute Gasteiger partial charge is 0.487 e. The Labute approximate surface area is 222 Å². The SMILES string of the molecule is C=C(c1ccccc1)c1ccccc1.CCOc1cc(Oc2ccc(C(F)(F)F)cc2Cl)ccc1[N+](=O)[O-]. The van der Waals surface area contributed by atoms with E-state index in [1.807, 2.05) is 36.4 Å². The molecule has 4 aromatic rings. The van der Waals surface area contributed by atoms with Gasteiger partial charge in [0, 0.05) is 12.1 Å². The zero-order valence-electron chi connectivity index (χ0n) is 20.2. The van der Waals surface area contributed by atoms with Gasteiger partial charge in [0.1, 0.15) is 11.5 Å². The van der Waals surface area contributed by atoms with Crippen LogP contribution in [0, 0.1) is 10.1 Å². The molecule has 0 N–H and O–H groups in total. The first-order valence-corrected chi connectivity index (χ1v) is 11.7. The van der Waals surface area contributed by atoms with E-state index in [1.165, 1.54) is 29.3 Å². The Morgan fingerprint density at radius 2 is 1.47 bits per heavy atom. The monoisotopic (exact) mass is 541 g/mol. The molecule has 5 nitrogen and oxygen atoms in total. The first-order chi connectivity index (χ1) is 18.1. The topological polar surface area (TPSA) is 61.6 Å². The zero-order chi connectivity index (χ0) is 27.7. The minimum atomic E-state index is -4.52. The molecular weight excluding hydrogens is 519 g/mol. The van der Waals surface area contributed by atoms with Crippen LogP contribution in [0.2, 0.25) is 5.02 Å². The van der Waals surface area contributed by atoms with E-state index in [4.69, 9.17) is 21.1 Å². The number of ether oxygens (including phenoxy) is 2. The highest BCUT2D eigenvalue weighted by atomic mass is 35.5. The number of nitrogens with zero attached hydrogens (tertiary/aromatic N) is 1. The quantitative estimate of drug-likeness (QED) is 0.173. The van der Waals surface area contributed by atoms with Crippen molar-refractivity contribution in [1.82, 2.24) is 0 Å². The van der Waals surface area contributed by atoms with Crippen molar-refractivity contribution in [2.45, 2.75) is 13.1 Å². The smallest absolute Gasteiger partial charge is 0.416 e. The number of alkyl halides is 3. The molecule has 0 aliphatic carbocycles. The summed E-state index contributed by atoms with van der Waals surface area (Å²) in [5, 5.41) is 10.7. The van der Waals surface area contributed by atoms with Crippen LogP contribution < -0.4 is 9.47 Å². The zero-order valence-corrected chi connectivity index (χ0v) is 21.0. The van der Waals surface area contributed by atoms with Crippen LogP contribution in [0.5, 0.6) is 17.2 Å². The van der Waals surface area contributed by atoms with Gasteiger partial charge >= 0.3 is 11.9 Å². The van der Waals surface area contributed by atoms with Crippen molar-refractivity contribution in [1.29, 1.82) is 0 Å². The van der Waals surface area contributed by atoms with E-state index >= 15 is 0 Å². The maximum absolute atomic E-state index is 12.6. The fourth-order valence-corrected chi connectivity index (χ4v) is 3.53. The third-order valence-corrected chi connectivity index (χ3v) is 5.45. The maximum atomic E-state index is 12.6. The van der Waals surface area contributed by atoms with Gasteiger partial charge in [0.05, 0.1) is 22.1 Å². The van der Waals surface area contributed by atoms with Gasteiger partial charge < -0.3 is 9.47 Å². The third-order valence-electron chi connectivity index (χ3n) is 5.16. The summed E-state index contributed by atoms with van der Waals surface area (Å²) in [5.74, 6) is 0.120. The molecule has 9 heteroatoms. The molecule has 0 amide bonds. The molecule has 0 spiro atoms. The number of nitro groups is 1. The van der Waals surface area contributed by atoms with Gasteiger partial charge in [-0.25, -0.2) is 0 Å². The lowest BCUT2D eigenvalue weighted by Gasteiger charge is -2.12. The molecular formula is C29H23ClF3NO4. The lowest BCUT2D eigenvalue weighted by Crippen LogP contribution is -2.04. The average Bonchev–Trinajstić information content (AvgIpc) is 2.90. The van der Waals surface area contributed by atoms with Crippen LogP contribution >= 0.6 is 11.6 Å². The Morgan fingerprint density at radius 3 is 1.95 bits per heavy atom. The summed E-state index contributed by atoms with van der Waals surface area (Å²) >= 11 is 5.80. The van der Waals surface area contributed by atoms with Crippen molar-refractivity contribution >= 4 is 22.9 Å². The Balaban J connectivity index is 0.000000241. The van der Waals surface area contributed by atoms with Crippen LogP contribution in [0.15, 0.2) is 104 Å². The highest BCUT2D eigenvalue weighted by Crippen LogP contribution is 2.38. The van der Waals surface area contributed by atoms with E-state index in [-0.39, 0.29) is 34.6 Å². The lowest BCUT2D eigenvalue weighted by atomic mass is 10.0. The number of nitro benzene ring substituents is 1. The van der Waals surface area contributed by atoms with E-state index in [9.17, 15) is 23.3 Å². The first-order valence-electron chi connectivity index (χ1n) is 11.4. The maximum Gasteiger partial charge on any atom is 0.416 e. The van der Waals surface area contributed by atoms with Crippen LogP contribution in [0.3, 0.4) is 0 Å². The van der Waals surface area contributed by atoms with E-state index in [1.54, 1.807) is 6.92 Å². The number of rotatable bonds is 7. The third kappa shape index (κ3) is 7.60. The van der Waals surface area contributed by atoms with Crippen LogP contribution in [0.4, 0.5) is 18.9 Å². The molecule has 0 aliphatic rings. The summed E-state index contributed by atoms with van der Waals surface area (Å²) < 4.78 is 48.4. The van der Waals surface area contributed by atoms with Crippen molar-refractivity contribution in [3.8, 4) is 17.2 Å². The Kier molecular flexibility index (Phi) is 9.51. The summed E-state index contributed by atoms with van der Waals surface area (Å²) in [6, 6.07) is 26.9. The molecule has 4 rings (SSSR count). The molecule has 0 saturated carbocycles. The van der Waals surface area contributed by atoms with Gasteiger partial charge in [0.25, 0.3) is 0 Å². The fraction of sp³-hybridized carbons (Fsp3) is 0.103. The summed E-state index contributed by atoms with van der Waals surface area (Å²) in [6.07, 6.45) is -4.52. The molecule has 0 radical (unpaired) electrons. The molecule has 0 aliphatic heterocycles. The Hall–Kier alpha value is -4.30. The lowest BCUT2D eigenvalue weighted by molar-refractivity contribution is -0.385. The molecule has 0 unspecified atom stereocenters. The van der Waals surface area contributed by atoms with Crippen LogP contribution in [0.25, 0.3) is 5.57 Å². The molecule has 0 fully saturated rings. The van der Waals surface area contributed by atoms with E-state index < -0.39 is 16.7 Å². The van der Waals surface area contributed by atoms with Crippen molar-refractivity contribution in [2.75, 3.05) is 6.61 Å². The van der Waals surface area contributed by atoms with Gasteiger partial charge in [-0.05, 0) is 47.9 Å². The second kappa shape index (κ2) is 12.8. The van der Waals surface area contributed by atoms with Crippen molar-refractivity contribution in [2.24, 2.45) is 0 Å². The predicted octanol–water partition coefficient (Wildman–Crippen LogP) is 9.21. The summed E-state index contributed by atoms with van der Waals surface area (Å²) in [4.78, 5) is 10.3. The van der Waals surface area contributed by atoms with Crippen LogP contribution in [0.1, 0.15) is 23.6 Å². The Morgan fingerprint density at radius 1 is 0.895 bits per heavy atom. The van der Waals surface area contributed by atoms with Crippen molar-refractivity contribution in [3.05, 3.63) is 135 Å². The summed E-state index contributed by atoms with van der Waals surface area (Å²) in [6.45, 7) is 5.95. The van der Waals surface area contributed by atoms with Gasteiger partial charge in [-0.1, -0.05) is 78.8 Å². The first kappa shape index (κ1) is 28.3. The fourth-order valence-electron chi connectivity index (χ4n) is 3.31. The van der Waals surface area contributed by atoms with E-state index in [0.29, 0.717) is 0 Å². The van der Waals surface area contributed by atoms with Gasteiger partial charge in [-0.3, -0.25) is 10.1 Å². The molecule has 38 heavy (non-hydrogen) atoms. The highest BCUT2D eigenvalue weighted by Gasteiger charge is 2.31. The van der Waals surface area contributed by atoms with Crippen LogP contribution in [-0.4, -0.2) is 11.5 Å². The van der Waals surface area contributed by atoms with E-state index in [0.717, 1.165) is 23.8 Å². The van der Waals surface area contributed by atoms with Crippen molar-refractivity contribution < 1.29 is 27.6 Å². The molecule has 0 bridgehead atoms. The van der Waals surface area contributed by atoms with Gasteiger partial charge in [0.2, 0.25) is 5.75 Å². The number of hydrogen-bond donors (Lipinski definition) is 0. The van der Waals surface area contributed by atoms with Crippen LogP contribution in [-0.2, 0) is 6.18 Å². The second-order valence-electron chi connectivity index (χ2n) is 7.78. The standard InChI is InChI=1S/C15H11ClF3NO4.C14H12/c1-2-23-14-8-10(4-5-12(14)20(21)22)24-13-6-3-9(7-11(13)16)15(17,18)19;1-12(13-8-4-2-5-9-13)14-10-6-3-7-11-14/h3-8H,2H2,1H3;2-11H,1H2. The van der Waals surface area contributed by atoms with Gasteiger partial charge in [-0.2, -0.15) is 13.2 Å². The minimum Gasteiger partial charge on any atom is -0.487 e. The number of halogens is 4. The van der Waals surface area contributed by atoms with Gasteiger partial charge in [0.15, 0.2) is 0 Å². The van der Waals surface area contributed by atoms with E-state index in [2.05, 4.69) is 30.8 Å². The highest BCUT2D eigenvalue weighted by molar-refractivity contribution is 6.32. The molecule has 0 aromatic heterocycles. The predicted molar refractivity (Wildman–Crippen MR) is 142 cm³/mol. The number of hydrogen-bond acceptors (Lipinski definition) is 4. The molecule has 4 aromatic carbocycles. The van der Waals surface area contributed by atoms with Crippen molar-refractivity contribution in [3.63, 3.8) is 0 Å². The minimum absolute atomic E-state index is 0.0111. The molecule has 0 atom stereocenters. The summed E-state index contributed by atoms with van der Waals surface area (Å²) in [5.41, 5.74) is 2.28. The number of benzene rings is 4. The Bertz CT molecular complexity index is 1350. The normalized spacial score (nSPS) is 10.7. The second-order valence-corrected chi connectivity index (χ2v) is 8.18. The molecule has 196 valence electrons. The average molecular weight is 542 g/mol. The molecule has 0 saturated heterocycles. The molecule has 0 heterocycles. The van der Waals surface area contributed by atoms with Gasteiger partial charge in [-0.15, -0.1) is 0 Å². The summed E-state index contributed by atoms with van der Waals surface area (Å²) in [7, 11) is 0.